The zero-order chi connectivity index (χ0) is 16.2. The summed E-state index contributed by atoms with van der Waals surface area (Å²) in [5.41, 5.74) is 0.699. The van der Waals surface area contributed by atoms with Gasteiger partial charge in [-0.15, -0.1) is 0 Å². The molecule has 0 spiro atoms. The van der Waals surface area contributed by atoms with Crippen molar-refractivity contribution in [1.29, 1.82) is 0 Å². The van der Waals surface area contributed by atoms with Crippen LogP contribution >= 0.6 is 0 Å². The molecule has 120 valence electrons. The lowest BCUT2D eigenvalue weighted by Crippen LogP contribution is -2.02. The van der Waals surface area contributed by atoms with Gasteiger partial charge in [0, 0.05) is 11.6 Å². The van der Waals surface area contributed by atoms with E-state index >= 15 is 0 Å². The zero-order valence-corrected chi connectivity index (χ0v) is 13.2. The normalized spacial score (nSPS) is 10.0. The zero-order valence-electron chi connectivity index (χ0n) is 13.2. The summed E-state index contributed by atoms with van der Waals surface area (Å²) in [6.45, 7) is 6.03. The number of Topliss-reactive ketones (excluding diaryl/α,β-unsaturated/α-hetero) is 1. The minimum Gasteiger partial charge on any atom is -0.494 e. The molecule has 0 heterocycles. The number of carbonyl (C=O) groups is 2. The van der Waals surface area contributed by atoms with Gasteiger partial charge in [0.15, 0.2) is 5.78 Å². The Morgan fingerprint density at radius 2 is 1.59 bits per heavy atom. The summed E-state index contributed by atoms with van der Waals surface area (Å²) in [7, 11) is 0. The van der Waals surface area contributed by atoms with Crippen LogP contribution in [0.2, 0.25) is 0 Å². The Hall–Kier alpha value is -2.10. The molecule has 0 aliphatic carbocycles. The van der Waals surface area contributed by atoms with Crippen LogP contribution in [0.5, 0.6) is 5.75 Å². The van der Waals surface area contributed by atoms with Gasteiger partial charge in [0.1, 0.15) is 5.75 Å². The number of rotatable bonds is 11. The summed E-state index contributed by atoms with van der Waals surface area (Å²) in [6, 6.07) is 7.21. The Balaban J connectivity index is 2.00. The number of carbonyl (C=O) groups excluding carboxylic acids is 2. The lowest BCUT2D eigenvalue weighted by Gasteiger charge is -2.06. The van der Waals surface area contributed by atoms with Gasteiger partial charge in [-0.3, -0.25) is 4.79 Å². The Kier molecular flexibility index (Phi) is 8.65. The van der Waals surface area contributed by atoms with Gasteiger partial charge in [0.05, 0.1) is 13.2 Å². The molecular weight excluding hydrogens is 280 g/mol. The van der Waals surface area contributed by atoms with Crippen LogP contribution in [0.15, 0.2) is 36.9 Å². The molecule has 0 radical (unpaired) electrons. The van der Waals surface area contributed by atoms with Gasteiger partial charge in [-0.1, -0.05) is 25.8 Å². The number of hydrogen-bond acceptors (Lipinski definition) is 4. The Morgan fingerprint density at radius 3 is 2.18 bits per heavy atom. The van der Waals surface area contributed by atoms with Crippen molar-refractivity contribution >= 4 is 11.8 Å². The molecule has 4 nitrogen and oxygen atoms in total. The lowest BCUT2D eigenvalue weighted by atomic mass is 10.1. The first-order valence-corrected chi connectivity index (χ1v) is 7.66. The molecule has 4 heteroatoms. The van der Waals surface area contributed by atoms with Crippen molar-refractivity contribution in [2.75, 3.05) is 13.2 Å². The van der Waals surface area contributed by atoms with E-state index in [9.17, 15) is 9.59 Å². The third kappa shape index (κ3) is 7.62. The van der Waals surface area contributed by atoms with Gasteiger partial charge in [-0.05, 0) is 44.0 Å². The average Bonchev–Trinajstić information content (AvgIpc) is 2.53. The topological polar surface area (TPSA) is 52.6 Å². The van der Waals surface area contributed by atoms with Crippen LogP contribution in [0.4, 0.5) is 0 Å². The molecule has 0 atom stereocenters. The van der Waals surface area contributed by atoms with Crippen LogP contribution in [0.3, 0.4) is 0 Å². The molecule has 1 aromatic rings. The van der Waals surface area contributed by atoms with Crippen molar-refractivity contribution in [2.24, 2.45) is 0 Å². The number of ether oxygens (including phenoxy) is 2. The molecule has 0 N–H and O–H groups in total. The highest BCUT2D eigenvalue weighted by molar-refractivity contribution is 5.94. The second-order valence-corrected chi connectivity index (χ2v) is 5.07. The Morgan fingerprint density at radius 1 is 1.00 bits per heavy atom. The second-order valence-electron chi connectivity index (χ2n) is 5.07. The van der Waals surface area contributed by atoms with E-state index in [1.54, 1.807) is 19.1 Å². The molecule has 0 saturated heterocycles. The summed E-state index contributed by atoms with van der Waals surface area (Å²) in [5, 5.41) is 0. The van der Waals surface area contributed by atoms with Crippen LogP contribution < -0.4 is 4.74 Å². The van der Waals surface area contributed by atoms with Crippen LogP contribution in [-0.4, -0.2) is 25.0 Å². The first kappa shape index (κ1) is 18.0. The van der Waals surface area contributed by atoms with E-state index in [0.717, 1.165) is 37.9 Å². The van der Waals surface area contributed by atoms with Gasteiger partial charge in [0.2, 0.25) is 0 Å². The molecule has 1 rings (SSSR count). The van der Waals surface area contributed by atoms with E-state index in [-0.39, 0.29) is 11.8 Å². The van der Waals surface area contributed by atoms with Gasteiger partial charge >= 0.3 is 5.97 Å². The summed E-state index contributed by atoms with van der Waals surface area (Å²) in [6.07, 6.45) is 6.27. The van der Waals surface area contributed by atoms with Crippen LogP contribution in [0.1, 0.15) is 49.4 Å². The van der Waals surface area contributed by atoms with Crippen molar-refractivity contribution < 1.29 is 19.1 Å². The van der Waals surface area contributed by atoms with Crippen LogP contribution in [-0.2, 0) is 9.53 Å². The molecule has 0 bridgehead atoms. The standard InChI is InChI=1S/C18H24O4/c1-3-18(20)22-14-8-6-4-5-7-13-21-17-11-9-16(10-12-17)15(2)19/h3,9-12H,1,4-8,13-14H2,2H3. The van der Waals surface area contributed by atoms with E-state index in [2.05, 4.69) is 6.58 Å². The van der Waals surface area contributed by atoms with Crippen molar-refractivity contribution in [3.63, 3.8) is 0 Å². The minimum atomic E-state index is -0.357. The van der Waals surface area contributed by atoms with E-state index in [1.807, 2.05) is 12.1 Å². The van der Waals surface area contributed by atoms with Crippen LogP contribution in [0.25, 0.3) is 0 Å². The third-order valence-electron chi connectivity index (χ3n) is 3.23. The SMILES string of the molecule is C=CC(=O)OCCCCCCCOc1ccc(C(C)=O)cc1. The van der Waals surface area contributed by atoms with Gasteiger partial charge in [0.25, 0.3) is 0 Å². The van der Waals surface area contributed by atoms with Gasteiger partial charge in [-0.25, -0.2) is 4.79 Å². The largest absolute Gasteiger partial charge is 0.494 e. The molecule has 0 saturated carbocycles. The Labute approximate surface area is 132 Å². The summed E-state index contributed by atoms with van der Waals surface area (Å²) in [5.74, 6) is 0.496. The molecule has 22 heavy (non-hydrogen) atoms. The molecule has 0 aromatic heterocycles. The quantitative estimate of drug-likeness (QED) is 0.269. The molecular formula is C18H24O4. The average molecular weight is 304 g/mol. The van der Waals surface area contributed by atoms with Crippen molar-refractivity contribution in [3.8, 4) is 5.75 Å². The van der Waals surface area contributed by atoms with E-state index < -0.39 is 0 Å². The first-order chi connectivity index (χ1) is 10.6. The van der Waals surface area contributed by atoms with E-state index in [1.165, 1.54) is 6.08 Å². The number of unbranched alkanes of at least 4 members (excludes halogenated alkanes) is 4. The van der Waals surface area contributed by atoms with E-state index in [4.69, 9.17) is 9.47 Å². The predicted octanol–water partition coefficient (Wildman–Crippen LogP) is 3.95. The highest BCUT2D eigenvalue weighted by Crippen LogP contribution is 2.13. The molecule has 1 aromatic carbocycles. The van der Waals surface area contributed by atoms with Gasteiger partial charge in [-0.2, -0.15) is 0 Å². The lowest BCUT2D eigenvalue weighted by molar-refractivity contribution is -0.137. The predicted molar refractivity (Wildman–Crippen MR) is 86.2 cm³/mol. The fourth-order valence-corrected chi connectivity index (χ4v) is 1.94. The summed E-state index contributed by atoms with van der Waals surface area (Å²) >= 11 is 0. The van der Waals surface area contributed by atoms with E-state index in [0.29, 0.717) is 18.8 Å². The minimum absolute atomic E-state index is 0.0605. The molecule has 0 fully saturated rings. The molecule has 0 amide bonds. The number of ketones is 1. The van der Waals surface area contributed by atoms with Crippen LogP contribution in [0, 0.1) is 0 Å². The fraction of sp³-hybridized carbons (Fsp3) is 0.444. The molecule has 0 unspecified atom stereocenters. The smallest absolute Gasteiger partial charge is 0.330 e. The molecule has 0 aliphatic rings. The summed E-state index contributed by atoms with van der Waals surface area (Å²) < 4.78 is 10.5. The maximum atomic E-state index is 11.1. The third-order valence-corrected chi connectivity index (χ3v) is 3.23. The maximum Gasteiger partial charge on any atom is 0.330 e. The van der Waals surface area contributed by atoms with Crippen molar-refractivity contribution in [3.05, 3.63) is 42.5 Å². The van der Waals surface area contributed by atoms with Crippen molar-refractivity contribution in [2.45, 2.75) is 39.0 Å². The number of esters is 1. The number of benzene rings is 1. The van der Waals surface area contributed by atoms with Crippen molar-refractivity contribution in [1.82, 2.24) is 0 Å². The second kappa shape index (κ2) is 10.6. The maximum absolute atomic E-state index is 11.1. The Bertz CT molecular complexity index is 476. The first-order valence-electron chi connectivity index (χ1n) is 7.66. The monoisotopic (exact) mass is 304 g/mol. The fourth-order valence-electron chi connectivity index (χ4n) is 1.94. The van der Waals surface area contributed by atoms with Gasteiger partial charge < -0.3 is 9.47 Å². The summed E-state index contributed by atoms with van der Waals surface area (Å²) in [4.78, 5) is 21.9. The molecule has 0 aliphatic heterocycles. The number of hydrogen-bond donors (Lipinski definition) is 0. The highest BCUT2D eigenvalue weighted by atomic mass is 16.5. The highest BCUT2D eigenvalue weighted by Gasteiger charge is 2.00.